The molecule has 6 nitrogen and oxygen atoms in total. The first-order valence-electron chi connectivity index (χ1n) is 6.25. The minimum atomic E-state index is -3.47. The number of amides is 1. The minimum absolute atomic E-state index is 0.100. The Kier molecular flexibility index (Phi) is 6.44. The zero-order valence-electron chi connectivity index (χ0n) is 11.8. The van der Waals surface area contributed by atoms with Gasteiger partial charge in [-0.2, -0.15) is 4.31 Å². The molecule has 0 aliphatic heterocycles. The van der Waals surface area contributed by atoms with Crippen LogP contribution >= 0.6 is 11.8 Å². The Bertz CT molecular complexity index is 540. The highest BCUT2D eigenvalue weighted by molar-refractivity contribution is 7.99. The standard InChI is InChI=1S/C12H19N3O3S2/c1-4-15(5-2)20(17,18)10-6-7-12(14-8-10)19-9-11(16)13-3/h6-8H,4-5,9H2,1-3H3,(H,13,16). The molecule has 0 atom stereocenters. The molecule has 0 saturated carbocycles. The summed E-state index contributed by atoms with van der Waals surface area (Å²) in [6.45, 7) is 4.43. The molecule has 0 bridgehead atoms. The molecule has 1 N–H and O–H groups in total. The summed E-state index contributed by atoms with van der Waals surface area (Å²) in [5.41, 5.74) is 0. The van der Waals surface area contributed by atoms with Crippen molar-refractivity contribution in [3.8, 4) is 0 Å². The zero-order valence-corrected chi connectivity index (χ0v) is 13.4. The molecule has 0 saturated heterocycles. The maximum absolute atomic E-state index is 12.2. The summed E-state index contributed by atoms with van der Waals surface area (Å²) in [4.78, 5) is 15.4. The van der Waals surface area contributed by atoms with Gasteiger partial charge in [0.15, 0.2) is 0 Å². The molecule has 0 unspecified atom stereocenters. The maximum atomic E-state index is 12.2. The van der Waals surface area contributed by atoms with Crippen LogP contribution in [0.2, 0.25) is 0 Å². The average Bonchev–Trinajstić information content (AvgIpc) is 2.46. The van der Waals surface area contributed by atoms with Gasteiger partial charge in [0.25, 0.3) is 0 Å². The van der Waals surface area contributed by atoms with E-state index in [1.54, 1.807) is 27.0 Å². The summed E-state index contributed by atoms with van der Waals surface area (Å²) in [5.74, 6) is 0.155. The number of rotatable bonds is 7. The molecule has 8 heteroatoms. The molecule has 1 aromatic heterocycles. The lowest BCUT2D eigenvalue weighted by Gasteiger charge is -2.18. The Morgan fingerprint density at radius 3 is 2.45 bits per heavy atom. The summed E-state index contributed by atoms with van der Waals surface area (Å²) in [6, 6.07) is 3.14. The van der Waals surface area contributed by atoms with Crippen molar-refractivity contribution in [1.82, 2.24) is 14.6 Å². The molecule has 0 aromatic carbocycles. The number of thioether (sulfide) groups is 1. The van der Waals surface area contributed by atoms with Gasteiger partial charge in [-0.25, -0.2) is 13.4 Å². The van der Waals surface area contributed by atoms with Crippen molar-refractivity contribution in [2.24, 2.45) is 0 Å². The molecule has 1 rings (SSSR count). The number of hydrogen-bond acceptors (Lipinski definition) is 5. The van der Waals surface area contributed by atoms with Crippen LogP contribution < -0.4 is 5.32 Å². The van der Waals surface area contributed by atoms with Crippen LogP contribution in [0.15, 0.2) is 28.3 Å². The van der Waals surface area contributed by atoms with Gasteiger partial charge < -0.3 is 5.32 Å². The Morgan fingerprint density at radius 1 is 1.35 bits per heavy atom. The molecule has 1 amide bonds. The highest BCUT2D eigenvalue weighted by Crippen LogP contribution is 2.19. The maximum Gasteiger partial charge on any atom is 0.244 e. The number of pyridine rings is 1. The second-order valence-corrected chi connectivity index (χ2v) is 6.82. The van der Waals surface area contributed by atoms with Crippen LogP contribution in [-0.4, -0.2) is 49.5 Å². The third-order valence-electron chi connectivity index (χ3n) is 2.68. The van der Waals surface area contributed by atoms with Crippen molar-refractivity contribution in [2.75, 3.05) is 25.9 Å². The lowest BCUT2D eigenvalue weighted by atomic mass is 10.5. The van der Waals surface area contributed by atoms with Crippen molar-refractivity contribution in [3.63, 3.8) is 0 Å². The summed E-state index contributed by atoms with van der Waals surface area (Å²) < 4.78 is 25.8. The second-order valence-electron chi connectivity index (χ2n) is 3.88. The van der Waals surface area contributed by atoms with Crippen LogP contribution in [0.1, 0.15) is 13.8 Å². The molecule has 0 spiro atoms. The fourth-order valence-corrected chi connectivity index (χ4v) is 3.65. The van der Waals surface area contributed by atoms with Gasteiger partial charge in [-0.3, -0.25) is 4.79 Å². The molecule has 20 heavy (non-hydrogen) atoms. The summed E-state index contributed by atoms with van der Waals surface area (Å²) in [7, 11) is -1.91. The predicted molar refractivity (Wildman–Crippen MR) is 79.1 cm³/mol. The van der Waals surface area contributed by atoms with Crippen LogP contribution in [0.3, 0.4) is 0 Å². The highest BCUT2D eigenvalue weighted by Gasteiger charge is 2.21. The van der Waals surface area contributed by atoms with Gasteiger partial charge in [-0.05, 0) is 12.1 Å². The average molecular weight is 317 g/mol. The van der Waals surface area contributed by atoms with Crippen molar-refractivity contribution in [2.45, 2.75) is 23.8 Å². The number of carbonyl (C=O) groups is 1. The Hall–Kier alpha value is -1.12. The SMILES string of the molecule is CCN(CC)S(=O)(=O)c1ccc(SCC(=O)NC)nc1. The van der Waals surface area contributed by atoms with Gasteiger partial charge in [-0.15, -0.1) is 0 Å². The smallest absolute Gasteiger partial charge is 0.244 e. The normalized spacial score (nSPS) is 11.6. The Labute approximate surface area is 124 Å². The molecule has 1 aromatic rings. The molecule has 1 heterocycles. The van der Waals surface area contributed by atoms with E-state index in [1.165, 1.54) is 28.3 Å². The monoisotopic (exact) mass is 317 g/mol. The first-order chi connectivity index (χ1) is 9.45. The molecular weight excluding hydrogens is 298 g/mol. The topological polar surface area (TPSA) is 79.4 Å². The Balaban J connectivity index is 2.83. The molecule has 0 aliphatic carbocycles. The van der Waals surface area contributed by atoms with E-state index in [4.69, 9.17) is 0 Å². The Morgan fingerprint density at radius 2 is 2.00 bits per heavy atom. The molecule has 0 aliphatic rings. The molecule has 0 radical (unpaired) electrons. The van der Waals surface area contributed by atoms with E-state index in [0.717, 1.165) is 0 Å². The van der Waals surface area contributed by atoms with Crippen LogP contribution in [-0.2, 0) is 14.8 Å². The molecular formula is C12H19N3O3S2. The van der Waals surface area contributed by atoms with Crippen LogP contribution in [0.4, 0.5) is 0 Å². The van der Waals surface area contributed by atoms with E-state index in [1.807, 2.05) is 0 Å². The largest absolute Gasteiger partial charge is 0.358 e. The van der Waals surface area contributed by atoms with E-state index >= 15 is 0 Å². The number of nitrogens with zero attached hydrogens (tertiary/aromatic N) is 2. The van der Waals surface area contributed by atoms with Crippen LogP contribution in [0, 0.1) is 0 Å². The van der Waals surface area contributed by atoms with E-state index in [9.17, 15) is 13.2 Å². The van der Waals surface area contributed by atoms with Crippen molar-refractivity contribution >= 4 is 27.7 Å². The van der Waals surface area contributed by atoms with Crippen molar-refractivity contribution in [1.29, 1.82) is 0 Å². The van der Waals surface area contributed by atoms with E-state index in [0.29, 0.717) is 18.1 Å². The lowest BCUT2D eigenvalue weighted by molar-refractivity contribution is -0.118. The fraction of sp³-hybridized carbons (Fsp3) is 0.500. The molecule has 112 valence electrons. The summed E-state index contributed by atoms with van der Waals surface area (Å²) in [5, 5.41) is 3.13. The summed E-state index contributed by atoms with van der Waals surface area (Å²) >= 11 is 1.26. The zero-order chi connectivity index (χ0) is 15.2. The minimum Gasteiger partial charge on any atom is -0.358 e. The third kappa shape index (κ3) is 4.19. The summed E-state index contributed by atoms with van der Waals surface area (Å²) in [6.07, 6.45) is 1.33. The van der Waals surface area contributed by atoms with Crippen molar-refractivity contribution in [3.05, 3.63) is 18.3 Å². The van der Waals surface area contributed by atoms with E-state index < -0.39 is 10.0 Å². The van der Waals surface area contributed by atoms with Gasteiger partial charge in [0, 0.05) is 26.3 Å². The van der Waals surface area contributed by atoms with E-state index in [2.05, 4.69) is 10.3 Å². The third-order valence-corrected chi connectivity index (χ3v) is 5.66. The number of sulfonamides is 1. The molecule has 0 fully saturated rings. The lowest BCUT2D eigenvalue weighted by Crippen LogP contribution is -2.30. The van der Waals surface area contributed by atoms with Gasteiger partial charge in [-0.1, -0.05) is 25.6 Å². The number of carbonyl (C=O) groups excluding carboxylic acids is 1. The van der Waals surface area contributed by atoms with Gasteiger partial charge >= 0.3 is 0 Å². The van der Waals surface area contributed by atoms with Gasteiger partial charge in [0.2, 0.25) is 15.9 Å². The number of hydrogen-bond donors (Lipinski definition) is 1. The first-order valence-corrected chi connectivity index (χ1v) is 8.67. The highest BCUT2D eigenvalue weighted by atomic mass is 32.2. The van der Waals surface area contributed by atoms with Crippen LogP contribution in [0.25, 0.3) is 0 Å². The second kappa shape index (κ2) is 7.61. The first kappa shape index (κ1) is 16.9. The van der Waals surface area contributed by atoms with Crippen LogP contribution in [0.5, 0.6) is 0 Å². The number of aromatic nitrogens is 1. The van der Waals surface area contributed by atoms with Gasteiger partial charge in [0.05, 0.1) is 10.8 Å². The van der Waals surface area contributed by atoms with Crippen molar-refractivity contribution < 1.29 is 13.2 Å². The predicted octanol–water partition coefficient (Wildman–Crippen LogP) is 0.950. The quantitative estimate of drug-likeness (QED) is 0.758. The van der Waals surface area contributed by atoms with Gasteiger partial charge in [0.1, 0.15) is 4.90 Å². The van der Waals surface area contributed by atoms with E-state index in [-0.39, 0.29) is 16.6 Å². The number of nitrogens with one attached hydrogen (secondary N) is 1. The fourth-order valence-electron chi connectivity index (χ4n) is 1.53.